The fourth-order valence-electron chi connectivity index (χ4n) is 4.76. The van der Waals surface area contributed by atoms with Gasteiger partial charge < -0.3 is 20.2 Å². The van der Waals surface area contributed by atoms with Crippen molar-refractivity contribution in [2.75, 3.05) is 19.6 Å². The zero-order valence-corrected chi connectivity index (χ0v) is 21.2. The molecule has 3 aromatic rings. The molecule has 0 radical (unpaired) electrons. The number of aliphatic hydroxyl groups excluding tert-OH is 1. The third-order valence-corrected chi connectivity index (χ3v) is 6.64. The molecule has 3 N–H and O–H groups in total. The van der Waals surface area contributed by atoms with E-state index >= 15 is 0 Å². The molecule has 2 atom stereocenters. The summed E-state index contributed by atoms with van der Waals surface area (Å²) >= 11 is 0. The minimum absolute atomic E-state index is 0.0507. The van der Waals surface area contributed by atoms with Crippen molar-refractivity contribution in [3.8, 4) is 0 Å². The number of aryl methyl sites for hydroxylation is 1. The number of hydrogen-bond donors (Lipinski definition) is 3. The van der Waals surface area contributed by atoms with Crippen molar-refractivity contribution in [3.05, 3.63) is 94.4 Å². The highest BCUT2D eigenvalue weighted by atomic mass is 19.1. The third kappa shape index (κ3) is 8.21. The summed E-state index contributed by atoms with van der Waals surface area (Å²) in [7, 11) is 0. The van der Waals surface area contributed by atoms with Crippen LogP contribution >= 0.6 is 0 Å². The van der Waals surface area contributed by atoms with Crippen molar-refractivity contribution >= 4 is 5.91 Å². The highest BCUT2D eigenvalue weighted by Crippen LogP contribution is 2.17. The van der Waals surface area contributed by atoms with E-state index in [1.807, 2.05) is 31.2 Å². The van der Waals surface area contributed by atoms with Gasteiger partial charge in [0.1, 0.15) is 17.4 Å². The van der Waals surface area contributed by atoms with Crippen molar-refractivity contribution in [2.45, 2.75) is 57.8 Å². The van der Waals surface area contributed by atoms with E-state index in [2.05, 4.69) is 15.5 Å². The SMILES string of the molecule is Cc1cccc(CNC[C@@H](O)[C@H](Cc2cc(F)cc(F)c2)NC(=O)c2ccc(CN3CCCCC3)o2)c1. The Kier molecular flexibility index (Phi) is 9.44. The first-order valence-corrected chi connectivity index (χ1v) is 12.9. The van der Waals surface area contributed by atoms with E-state index in [0.29, 0.717) is 24.4 Å². The second-order valence-corrected chi connectivity index (χ2v) is 9.85. The minimum Gasteiger partial charge on any atom is -0.455 e. The van der Waals surface area contributed by atoms with Crippen LogP contribution in [0, 0.1) is 18.6 Å². The van der Waals surface area contributed by atoms with Crippen LogP contribution in [0.5, 0.6) is 0 Å². The van der Waals surface area contributed by atoms with Gasteiger partial charge in [0.05, 0.1) is 18.7 Å². The molecule has 6 nitrogen and oxygen atoms in total. The van der Waals surface area contributed by atoms with Crippen LogP contribution in [0.4, 0.5) is 8.78 Å². The van der Waals surface area contributed by atoms with E-state index in [0.717, 1.165) is 43.1 Å². The monoisotopic (exact) mass is 511 g/mol. The molecule has 1 aliphatic heterocycles. The summed E-state index contributed by atoms with van der Waals surface area (Å²) in [4.78, 5) is 15.3. The van der Waals surface area contributed by atoms with Crippen LogP contribution in [0.3, 0.4) is 0 Å². The molecule has 0 bridgehead atoms. The van der Waals surface area contributed by atoms with E-state index in [-0.39, 0.29) is 18.7 Å². The Balaban J connectivity index is 1.41. The summed E-state index contributed by atoms with van der Waals surface area (Å²) in [6.07, 6.45) is 2.59. The molecule has 4 rings (SSSR count). The average Bonchev–Trinajstić information content (AvgIpc) is 3.32. The predicted octanol–water partition coefficient (Wildman–Crippen LogP) is 4.34. The molecule has 0 unspecified atom stereocenters. The quantitative estimate of drug-likeness (QED) is 0.357. The number of rotatable bonds is 11. The van der Waals surface area contributed by atoms with Crippen molar-refractivity contribution in [3.63, 3.8) is 0 Å². The van der Waals surface area contributed by atoms with Crippen molar-refractivity contribution in [1.29, 1.82) is 0 Å². The van der Waals surface area contributed by atoms with E-state index < -0.39 is 29.7 Å². The second-order valence-electron chi connectivity index (χ2n) is 9.85. The molecule has 1 aliphatic rings. The Bertz CT molecular complexity index is 1160. The molecule has 198 valence electrons. The van der Waals surface area contributed by atoms with Gasteiger partial charge in [0.15, 0.2) is 5.76 Å². The maximum absolute atomic E-state index is 13.8. The Labute approximate surface area is 216 Å². The molecule has 8 heteroatoms. The fourth-order valence-corrected chi connectivity index (χ4v) is 4.76. The smallest absolute Gasteiger partial charge is 0.287 e. The number of furan rings is 1. The minimum atomic E-state index is -1.01. The number of piperidine rings is 1. The van der Waals surface area contributed by atoms with Gasteiger partial charge in [0.25, 0.3) is 5.91 Å². The number of likely N-dealkylation sites (tertiary alicyclic amines) is 1. The predicted molar refractivity (Wildman–Crippen MR) is 138 cm³/mol. The zero-order valence-electron chi connectivity index (χ0n) is 21.2. The molecule has 0 spiro atoms. The second kappa shape index (κ2) is 12.9. The Morgan fingerprint density at radius 1 is 1.03 bits per heavy atom. The van der Waals surface area contributed by atoms with Crippen molar-refractivity contribution < 1.29 is 23.1 Å². The topological polar surface area (TPSA) is 77.7 Å². The third-order valence-electron chi connectivity index (χ3n) is 6.64. The van der Waals surface area contributed by atoms with Crippen LogP contribution in [-0.2, 0) is 19.5 Å². The number of carbonyl (C=O) groups excluding carboxylic acids is 1. The summed E-state index contributed by atoms with van der Waals surface area (Å²) in [6, 6.07) is 13.8. The summed E-state index contributed by atoms with van der Waals surface area (Å²) in [5.41, 5.74) is 2.54. The molecule has 2 heterocycles. The van der Waals surface area contributed by atoms with Crippen LogP contribution in [0.15, 0.2) is 59.0 Å². The number of nitrogens with one attached hydrogen (secondary N) is 2. The molecule has 0 saturated carbocycles. The molecule has 1 aromatic heterocycles. The molecule has 2 aromatic carbocycles. The maximum Gasteiger partial charge on any atom is 0.287 e. The highest BCUT2D eigenvalue weighted by Gasteiger charge is 2.24. The maximum atomic E-state index is 13.8. The lowest BCUT2D eigenvalue weighted by Gasteiger charge is -2.25. The van der Waals surface area contributed by atoms with Crippen LogP contribution in [0.25, 0.3) is 0 Å². The molecule has 37 heavy (non-hydrogen) atoms. The number of aliphatic hydroxyl groups is 1. The van der Waals surface area contributed by atoms with Crippen molar-refractivity contribution in [1.82, 2.24) is 15.5 Å². The summed E-state index contributed by atoms with van der Waals surface area (Å²) in [6.45, 7) is 5.38. The summed E-state index contributed by atoms with van der Waals surface area (Å²) in [5, 5.41) is 17.0. The standard InChI is InChI=1S/C29H35F2N3O3/c1-20-6-5-7-21(12-20)17-32-18-27(35)26(15-22-13-23(30)16-24(31)14-22)33-29(36)28-9-8-25(37-28)19-34-10-3-2-4-11-34/h5-9,12-14,16,26-27,32,35H,2-4,10-11,15,17-19H2,1H3,(H,33,36)/t26-,27+/m0/s1. The molecular weight excluding hydrogens is 476 g/mol. The molecular formula is C29H35F2N3O3. The Morgan fingerprint density at radius 2 is 1.78 bits per heavy atom. The van der Waals surface area contributed by atoms with Gasteiger partial charge >= 0.3 is 0 Å². The van der Waals surface area contributed by atoms with E-state index in [4.69, 9.17) is 4.42 Å². The summed E-state index contributed by atoms with van der Waals surface area (Å²) < 4.78 is 33.4. The molecule has 0 aliphatic carbocycles. The van der Waals surface area contributed by atoms with Crippen LogP contribution in [0.1, 0.15) is 52.3 Å². The first kappa shape index (κ1) is 27.0. The van der Waals surface area contributed by atoms with Gasteiger partial charge in [-0.3, -0.25) is 9.69 Å². The van der Waals surface area contributed by atoms with Crippen LogP contribution < -0.4 is 10.6 Å². The molecule has 1 amide bonds. The summed E-state index contributed by atoms with van der Waals surface area (Å²) in [5.74, 6) is -1.05. The first-order chi connectivity index (χ1) is 17.9. The first-order valence-electron chi connectivity index (χ1n) is 12.9. The van der Waals surface area contributed by atoms with Gasteiger partial charge in [-0.1, -0.05) is 36.2 Å². The number of halogens is 2. The number of hydrogen-bond acceptors (Lipinski definition) is 5. The van der Waals surface area contributed by atoms with Gasteiger partial charge in [-0.2, -0.15) is 0 Å². The van der Waals surface area contributed by atoms with Gasteiger partial charge in [-0.25, -0.2) is 8.78 Å². The number of benzene rings is 2. The fraction of sp³-hybridized carbons (Fsp3) is 0.414. The molecule has 1 fully saturated rings. The number of amides is 1. The average molecular weight is 512 g/mol. The van der Waals surface area contributed by atoms with E-state index in [9.17, 15) is 18.7 Å². The largest absolute Gasteiger partial charge is 0.455 e. The lowest BCUT2D eigenvalue weighted by molar-refractivity contribution is 0.0801. The van der Waals surface area contributed by atoms with Crippen LogP contribution in [-0.4, -0.2) is 47.7 Å². The molecule has 1 saturated heterocycles. The van der Waals surface area contributed by atoms with E-state index in [1.54, 1.807) is 12.1 Å². The van der Waals surface area contributed by atoms with E-state index in [1.165, 1.54) is 18.6 Å². The van der Waals surface area contributed by atoms with Gasteiger partial charge in [-0.05, 0) is 74.7 Å². The normalized spacial score (nSPS) is 15.9. The zero-order chi connectivity index (χ0) is 26.2. The number of carbonyl (C=O) groups is 1. The van der Waals surface area contributed by atoms with Gasteiger partial charge in [0, 0.05) is 19.2 Å². The van der Waals surface area contributed by atoms with Crippen molar-refractivity contribution in [2.24, 2.45) is 0 Å². The highest BCUT2D eigenvalue weighted by molar-refractivity contribution is 5.91. The Morgan fingerprint density at radius 3 is 2.51 bits per heavy atom. The Hall–Kier alpha value is -3.07. The van der Waals surface area contributed by atoms with Crippen LogP contribution in [0.2, 0.25) is 0 Å². The lowest BCUT2D eigenvalue weighted by atomic mass is 10.0. The van der Waals surface area contributed by atoms with Gasteiger partial charge in [0.2, 0.25) is 0 Å². The number of nitrogens with zero attached hydrogens (tertiary/aromatic N) is 1. The van der Waals surface area contributed by atoms with Gasteiger partial charge in [-0.15, -0.1) is 0 Å². The lowest BCUT2D eigenvalue weighted by Crippen LogP contribution is -2.48.